The lowest BCUT2D eigenvalue weighted by Gasteiger charge is -2.00. The highest BCUT2D eigenvalue weighted by Gasteiger charge is 2.28. The number of carboxylic acid groups (broad SMARTS) is 9. The van der Waals surface area contributed by atoms with Crippen molar-refractivity contribution < 1.29 is 155 Å². The number of carboxylic acids is 9. The molecule has 0 bridgehead atoms. The number of nitrogens with zero attached hydrogens (tertiary/aromatic N) is 5. The second kappa shape index (κ2) is 62.1. The molecule has 0 radical (unpaired) electrons. The number of aromatic carboxylic acids is 6. The largest absolute Gasteiger partial charge is 0.508 e. The second-order valence-electron chi connectivity index (χ2n) is 23.9. The van der Waals surface area contributed by atoms with Gasteiger partial charge in [0.15, 0.2) is 5.75 Å². The van der Waals surface area contributed by atoms with Gasteiger partial charge in [-0.3, -0.25) is 65.0 Å². The number of aromatic hydroxyl groups is 5. The van der Waals surface area contributed by atoms with E-state index in [2.05, 4.69) is 0 Å². The average molecular weight is 1630 g/mol. The number of aliphatic carboxylic acids is 3. The van der Waals surface area contributed by atoms with Crippen LogP contribution in [0.5, 0.6) is 28.7 Å². The molecule has 0 aliphatic carbocycles. The molecule has 6 aromatic rings. The van der Waals surface area contributed by atoms with E-state index in [1.54, 1.807) is 36.4 Å². The summed E-state index contributed by atoms with van der Waals surface area (Å²) >= 11 is 0. The number of hydrogen-bond acceptors (Lipinski definition) is 27. The predicted molar refractivity (Wildman–Crippen MR) is 406 cm³/mol. The first kappa shape index (κ1) is 106. The van der Waals surface area contributed by atoms with E-state index in [-0.39, 0.29) is 34.8 Å². The zero-order valence-electron chi connectivity index (χ0n) is 62.4. The van der Waals surface area contributed by atoms with Gasteiger partial charge in [-0.15, -0.1) is 0 Å². The van der Waals surface area contributed by atoms with Crippen LogP contribution in [0.3, 0.4) is 0 Å². The Labute approximate surface area is 655 Å². The van der Waals surface area contributed by atoms with Crippen molar-refractivity contribution in [1.82, 2.24) is 0 Å². The third-order valence-corrected chi connectivity index (χ3v) is 14.8. The monoisotopic (exact) mass is 1630 g/mol. The van der Waals surface area contributed by atoms with Crippen LogP contribution in [0.15, 0.2) is 115 Å². The van der Waals surface area contributed by atoms with E-state index < -0.39 is 135 Å². The first-order valence-electron chi connectivity index (χ1n) is 34.9. The molecule has 0 unspecified atom stereocenters. The molecular formula is C74H95N5O36. The maximum Gasteiger partial charge on any atom is 0.340 e. The van der Waals surface area contributed by atoms with Gasteiger partial charge < -0.3 is 86.8 Å². The third kappa shape index (κ3) is 51.5. The molecule has 632 valence electrons. The molecule has 41 heteroatoms. The Balaban J connectivity index is -0.00000123. The number of unbranched alkanes of at least 4 members (excludes halogenated alkanes) is 19. The molecule has 0 aliphatic heterocycles. The van der Waals surface area contributed by atoms with Gasteiger partial charge in [-0.05, 0) is 100 Å². The Morgan fingerprint density at radius 1 is 0.287 bits per heavy atom. The highest BCUT2D eigenvalue weighted by molar-refractivity contribution is 5.94. The van der Waals surface area contributed by atoms with E-state index in [1.807, 2.05) is 6.92 Å². The minimum absolute atomic E-state index is 0.0279. The van der Waals surface area contributed by atoms with E-state index in [0.29, 0.717) is 62.3 Å². The Morgan fingerprint density at radius 3 is 0.852 bits per heavy atom. The summed E-state index contributed by atoms with van der Waals surface area (Å²) in [5.74, 6) is -12.7. The van der Waals surface area contributed by atoms with E-state index >= 15 is 0 Å². The average Bonchev–Trinajstić information content (AvgIpc) is 0.818. The van der Waals surface area contributed by atoms with Gasteiger partial charge >= 0.3 is 70.8 Å². The van der Waals surface area contributed by atoms with Gasteiger partial charge in [0.1, 0.15) is 28.2 Å². The number of benzene rings is 6. The molecule has 0 aromatic heterocycles. The van der Waals surface area contributed by atoms with Crippen LogP contribution in [-0.2, 0) is 14.4 Å². The van der Waals surface area contributed by atoms with Gasteiger partial charge in [0.2, 0.25) is 11.5 Å². The summed E-state index contributed by atoms with van der Waals surface area (Å²) in [5.41, 5.74) is -4.77. The summed E-state index contributed by atoms with van der Waals surface area (Å²) in [6, 6.07) is 23.0. The fourth-order valence-electron chi connectivity index (χ4n) is 8.81. The normalized spacial score (nSPS) is 9.77. The zero-order valence-corrected chi connectivity index (χ0v) is 62.4. The molecule has 0 atom stereocenters. The van der Waals surface area contributed by atoms with Crippen molar-refractivity contribution >= 4 is 82.2 Å². The van der Waals surface area contributed by atoms with E-state index in [1.165, 1.54) is 68.5 Å². The van der Waals surface area contributed by atoms with Gasteiger partial charge in [0.25, 0.3) is 11.4 Å². The Bertz CT molecular complexity index is 3910. The highest BCUT2D eigenvalue weighted by atomic mass is 16.6. The van der Waals surface area contributed by atoms with E-state index in [4.69, 9.17) is 76.6 Å². The Kier molecular flexibility index (Phi) is 57.0. The molecule has 0 fully saturated rings. The number of phenols is 5. The molecule has 6 rings (SSSR count). The van der Waals surface area contributed by atoms with Crippen LogP contribution >= 0.6 is 0 Å². The van der Waals surface area contributed by atoms with Crippen LogP contribution in [0.1, 0.15) is 228 Å². The minimum atomic E-state index is -1.69. The van der Waals surface area contributed by atoms with Gasteiger partial charge in [-0.2, -0.15) is 0 Å². The second-order valence-corrected chi connectivity index (χ2v) is 23.9. The number of hydrogen-bond donors (Lipinski definition) is 17. The van der Waals surface area contributed by atoms with Crippen LogP contribution in [0.2, 0.25) is 0 Å². The Hall–Kier alpha value is -13.6. The van der Waals surface area contributed by atoms with Crippen molar-refractivity contribution in [2.45, 2.75) is 167 Å². The summed E-state index contributed by atoms with van der Waals surface area (Å²) in [7, 11) is 0. The lowest BCUT2D eigenvalue weighted by atomic mass is 10.1. The number of aliphatic hydroxyl groups is 3. The first-order valence-corrected chi connectivity index (χ1v) is 34.9. The maximum absolute atomic E-state index is 10.6. The molecule has 0 heterocycles. The number of aryl methyl sites for hydroxylation is 1. The lowest BCUT2D eigenvalue weighted by Crippen LogP contribution is -2.02. The number of nitro benzene ring substituents is 5. The summed E-state index contributed by atoms with van der Waals surface area (Å²) < 4.78 is 0. The number of para-hydroxylation sites is 1. The standard InChI is InChI=1S/C12H24O3.C10H20O3.C9H18O3.C8H8O2.2C7H4N2O7.C7H5NO5.2C7H6O3/c13-11-9-7-5-3-1-2-4-6-8-10-12(14)15;11-9-7-5-3-1-2-4-6-8-10(12)13;10-8-6-4-2-1-3-5-7-9(11)12;1-6-2-4-7(5-3-6)8(9)10;2*10-6-4(7(11)12)1-3(8(13)14)2-5(6)9(15)16;9-6-2-1-4(7(10)11)3-5(6)8(12)13;8-6-3-1-2-5(4-6)7(9)10;8-6-4-2-1-3-5(6)7(9)10/h13H,1-11H2,(H,14,15);11H,1-9H2,(H,12,13);10H,1-8H2,(H,11,12);2-5H,1H3,(H,9,10);2*1-2,10H,(H,11,12);1-3,9H,(H,10,11);2*1-4,8H,(H,9,10). The molecule has 0 aliphatic rings. The molecule has 41 nitrogen and oxygen atoms in total. The molecular weight excluding hydrogens is 1530 g/mol. The third-order valence-electron chi connectivity index (χ3n) is 14.8. The summed E-state index contributed by atoms with van der Waals surface area (Å²) in [6.07, 6.45) is 24.1. The zero-order chi connectivity index (χ0) is 88.1. The van der Waals surface area contributed by atoms with Crippen LogP contribution in [0.25, 0.3) is 0 Å². The summed E-state index contributed by atoms with van der Waals surface area (Å²) in [5, 5.41) is 198. The molecule has 0 saturated heterocycles. The van der Waals surface area contributed by atoms with Crippen molar-refractivity contribution in [1.29, 1.82) is 0 Å². The number of carbonyl (C=O) groups is 9. The van der Waals surface area contributed by atoms with Crippen molar-refractivity contribution in [3.63, 3.8) is 0 Å². The van der Waals surface area contributed by atoms with Crippen molar-refractivity contribution in [3.8, 4) is 28.7 Å². The lowest BCUT2D eigenvalue weighted by molar-refractivity contribution is -0.395. The highest BCUT2D eigenvalue weighted by Crippen LogP contribution is 2.36. The molecule has 0 saturated carbocycles. The predicted octanol–water partition coefficient (Wildman–Crippen LogP) is 13.6. The summed E-state index contributed by atoms with van der Waals surface area (Å²) in [4.78, 5) is 140. The fraction of sp³-hybridized carbons (Fsp3) is 0.392. The minimum Gasteiger partial charge on any atom is -0.508 e. The molecule has 0 spiro atoms. The van der Waals surface area contributed by atoms with Crippen molar-refractivity contribution in [2.75, 3.05) is 19.8 Å². The van der Waals surface area contributed by atoms with Crippen LogP contribution < -0.4 is 0 Å². The van der Waals surface area contributed by atoms with E-state index in [9.17, 15) is 104 Å². The Morgan fingerprint density at radius 2 is 0.591 bits per heavy atom. The maximum atomic E-state index is 10.6. The van der Waals surface area contributed by atoms with Gasteiger partial charge in [-0.1, -0.05) is 139 Å². The van der Waals surface area contributed by atoms with Crippen LogP contribution in [0, 0.1) is 57.5 Å². The van der Waals surface area contributed by atoms with Crippen molar-refractivity contribution in [3.05, 3.63) is 205 Å². The fourth-order valence-corrected chi connectivity index (χ4v) is 8.81. The van der Waals surface area contributed by atoms with E-state index in [0.717, 1.165) is 133 Å². The molecule has 115 heavy (non-hydrogen) atoms. The first-order chi connectivity index (χ1) is 54.1. The molecule has 6 aromatic carbocycles. The number of nitro groups is 5. The van der Waals surface area contributed by atoms with Crippen LogP contribution in [-0.4, -0.2) is 185 Å². The number of aliphatic hydroxyl groups excluding tert-OH is 3. The smallest absolute Gasteiger partial charge is 0.340 e. The number of phenolic OH excluding ortho intramolecular Hbond substituents is 2. The number of non-ortho nitro benzene ring substituents is 2. The van der Waals surface area contributed by atoms with Crippen molar-refractivity contribution in [2.24, 2.45) is 0 Å². The molecule has 0 amide bonds. The number of rotatable bonds is 39. The summed E-state index contributed by atoms with van der Waals surface area (Å²) in [6.45, 7) is 2.80. The topological polar surface area (TPSA) is 713 Å². The SMILES string of the molecule is Cc1ccc(C(=O)O)cc1.O=C(O)CCCCCCCCCCCO.O=C(O)CCCCCCCCCO.O=C(O)CCCCCCCCO.O=C(O)c1cc([N+](=O)[O-])cc([N+](=O)[O-])c1O.O=C(O)c1cc([N+](=O)[O-])cc([N+](=O)[O-])c1O.O=C(O)c1ccc(O)c([N+](=O)[O-])c1.O=C(O)c1cccc(O)c1.O=C(O)c1ccccc1O. The quantitative estimate of drug-likeness (QED) is 0.00968. The molecule has 17 N–H and O–H groups in total. The van der Waals surface area contributed by atoms with Gasteiger partial charge in [0, 0.05) is 57.3 Å². The van der Waals surface area contributed by atoms with Crippen LogP contribution in [0.4, 0.5) is 28.4 Å². The van der Waals surface area contributed by atoms with Gasteiger partial charge in [-0.25, -0.2) is 28.8 Å². The van der Waals surface area contributed by atoms with Gasteiger partial charge in [0.05, 0.1) is 53.4 Å².